The number of rotatable bonds is 11. The smallest absolute Gasteiger partial charge is 0.417 e. The van der Waals surface area contributed by atoms with Crippen molar-refractivity contribution in [3.8, 4) is 0 Å². The average molecular weight is 561 g/mol. The van der Waals surface area contributed by atoms with Crippen molar-refractivity contribution >= 4 is 23.5 Å². The molecule has 6 nitrogen and oxygen atoms in total. The van der Waals surface area contributed by atoms with Crippen molar-refractivity contribution in [2.75, 3.05) is 11.5 Å². The normalized spacial score (nSPS) is 16.0. The molecule has 4 aromatic carbocycles. The fourth-order valence-corrected chi connectivity index (χ4v) is 5.83. The maximum Gasteiger partial charge on any atom is 0.417 e. The van der Waals surface area contributed by atoms with Gasteiger partial charge in [0.1, 0.15) is 24.3 Å². The molecule has 214 valence electrons. The maximum absolute atomic E-state index is 14.0. The number of benzene rings is 4. The topological polar surface area (TPSA) is 66.9 Å². The first-order valence-corrected chi connectivity index (χ1v) is 14.4. The van der Waals surface area contributed by atoms with E-state index in [0.29, 0.717) is 19.5 Å². The number of cyclic esters (lactones) is 1. The first-order valence-electron chi connectivity index (χ1n) is 14.4. The Labute approximate surface area is 247 Å². The summed E-state index contributed by atoms with van der Waals surface area (Å²) < 4.78 is 5.31. The molecule has 0 saturated carbocycles. The molecule has 42 heavy (non-hydrogen) atoms. The van der Waals surface area contributed by atoms with Gasteiger partial charge in [0.15, 0.2) is 0 Å². The first-order chi connectivity index (χ1) is 20.5. The van der Waals surface area contributed by atoms with Crippen LogP contribution in [-0.4, -0.2) is 29.3 Å². The summed E-state index contributed by atoms with van der Waals surface area (Å²) in [6.07, 6.45) is -0.156. The number of Topliss-reactive ketones (excluding diaryl/α,β-unsaturated/α-hetero) is 1. The van der Waals surface area contributed by atoms with Gasteiger partial charge in [-0.1, -0.05) is 110 Å². The highest BCUT2D eigenvalue weighted by Gasteiger charge is 2.45. The molecule has 0 spiro atoms. The SMILES string of the molecule is CCC(c1cccc(N(Cc2ccccc2)Cc2ccccc2)c1)C(C(C)=O)C(=O)N1C(=O)OCC1c1ccccc1. The minimum absolute atomic E-state index is 0.0689. The summed E-state index contributed by atoms with van der Waals surface area (Å²) in [6, 6.07) is 37.5. The molecule has 2 amide bonds. The van der Waals surface area contributed by atoms with Crippen LogP contribution in [0, 0.1) is 5.92 Å². The van der Waals surface area contributed by atoms with Crippen molar-refractivity contribution in [2.24, 2.45) is 5.92 Å². The van der Waals surface area contributed by atoms with E-state index in [-0.39, 0.29) is 12.4 Å². The minimum Gasteiger partial charge on any atom is -0.446 e. The van der Waals surface area contributed by atoms with Gasteiger partial charge < -0.3 is 9.64 Å². The Bertz CT molecular complexity index is 1470. The molecule has 1 aliphatic rings. The molecular weight excluding hydrogens is 524 g/mol. The first kappa shape index (κ1) is 28.8. The molecule has 0 aromatic heterocycles. The number of anilines is 1. The standard InChI is InChI=1S/C36H36N2O4/c1-3-32(34(26(2)39)35(40)38-33(25-42-36(38)41)29-18-11-6-12-19-29)30-20-13-21-31(22-30)37(23-27-14-7-4-8-15-27)24-28-16-9-5-10-17-28/h4-22,32-34H,3,23-25H2,1-2H3. The van der Waals surface area contributed by atoms with E-state index in [0.717, 1.165) is 21.7 Å². The molecule has 0 bridgehead atoms. The van der Waals surface area contributed by atoms with Crippen molar-refractivity contribution in [1.82, 2.24) is 4.90 Å². The number of imide groups is 1. The molecule has 0 aliphatic carbocycles. The van der Waals surface area contributed by atoms with Crippen molar-refractivity contribution < 1.29 is 19.1 Å². The zero-order valence-electron chi connectivity index (χ0n) is 24.1. The van der Waals surface area contributed by atoms with Gasteiger partial charge in [-0.15, -0.1) is 0 Å². The average Bonchev–Trinajstić information content (AvgIpc) is 3.41. The van der Waals surface area contributed by atoms with E-state index in [2.05, 4.69) is 41.3 Å². The zero-order chi connectivity index (χ0) is 29.5. The highest BCUT2D eigenvalue weighted by Crippen LogP contribution is 2.37. The minimum atomic E-state index is -1.01. The predicted octanol–water partition coefficient (Wildman–Crippen LogP) is 7.31. The Balaban J connectivity index is 1.47. The summed E-state index contributed by atoms with van der Waals surface area (Å²) in [5.41, 5.74) is 5.05. The fourth-order valence-electron chi connectivity index (χ4n) is 5.83. The van der Waals surface area contributed by atoms with Crippen LogP contribution in [0.1, 0.15) is 54.5 Å². The van der Waals surface area contributed by atoms with Crippen LogP contribution in [0.3, 0.4) is 0 Å². The van der Waals surface area contributed by atoms with Gasteiger partial charge in [0, 0.05) is 24.7 Å². The van der Waals surface area contributed by atoms with Crippen molar-refractivity contribution in [3.63, 3.8) is 0 Å². The lowest BCUT2D eigenvalue weighted by Gasteiger charge is -2.30. The van der Waals surface area contributed by atoms with Gasteiger partial charge in [0.05, 0.1) is 0 Å². The Kier molecular flexibility index (Phi) is 9.12. The van der Waals surface area contributed by atoms with Crippen LogP contribution in [0.25, 0.3) is 0 Å². The van der Waals surface area contributed by atoms with E-state index in [1.165, 1.54) is 18.1 Å². The highest BCUT2D eigenvalue weighted by molar-refractivity contribution is 6.06. The molecule has 3 unspecified atom stereocenters. The summed E-state index contributed by atoms with van der Waals surface area (Å²) in [5.74, 6) is -2.20. The predicted molar refractivity (Wildman–Crippen MR) is 164 cm³/mol. The van der Waals surface area contributed by atoms with Gasteiger partial charge >= 0.3 is 6.09 Å². The second-order valence-corrected chi connectivity index (χ2v) is 10.7. The Morgan fingerprint density at radius 2 is 1.40 bits per heavy atom. The molecule has 1 heterocycles. The molecule has 1 saturated heterocycles. The van der Waals surface area contributed by atoms with Gasteiger partial charge in [-0.05, 0) is 47.7 Å². The van der Waals surface area contributed by atoms with Crippen LogP contribution in [0.2, 0.25) is 0 Å². The van der Waals surface area contributed by atoms with E-state index < -0.39 is 29.9 Å². The second-order valence-electron chi connectivity index (χ2n) is 10.7. The number of carbonyl (C=O) groups excluding carboxylic acids is 3. The van der Waals surface area contributed by atoms with Crippen LogP contribution < -0.4 is 4.90 Å². The number of ketones is 1. The number of hydrogen-bond acceptors (Lipinski definition) is 5. The summed E-state index contributed by atoms with van der Waals surface area (Å²) in [6.45, 7) is 4.88. The summed E-state index contributed by atoms with van der Waals surface area (Å²) in [4.78, 5) is 43.5. The number of ether oxygens (including phenoxy) is 1. The second kappa shape index (κ2) is 13.3. The monoisotopic (exact) mass is 560 g/mol. The summed E-state index contributed by atoms with van der Waals surface area (Å²) in [5, 5.41) is 0. The van der Waals surface area contributed by atoms with Crippen LogP contribution in [-0.2, 0) is 27.4 Å². The Morgan fingerprint density at radius 3 is 1.95 bits per heavy atom. The Morgan fingerprint density at radius 1 is 0.833 bits per heavy atom. The van der Waals surface area contributed by atoms with Crippen molar-refractivity contribution in [3.05, 3.63) is 138 Å². The molecule has 5 rings (SSSR count). The lowest BCUT2D eigenvalue weighted by Crippen LogP contribution is -2.43. The zero-order valence-corrected chi connectivity index (χ0v) is 24.1. The lowest BCUT2D eigenvalue weighted by atomic mass is 9.80. The summed E-state index contributed by atoms with van der Waals surface area (Å²) >= 11 is 0. The third kappa shape index (κ3) is 6.44. The fraction of sp³-hybridized carbons (Fsp3) is 0.250. The van der Waals surface area contributed by atoms with E-state index >= 15 is 0 Å². The molecule has 1 fully saturated rings. The number of nitrogens with zero attached hydrogens (tertiary/aromatic N) is 2. The highest BCUT2D eigenvalue weighted by atomic mass is 16.6. The van der Waals surface area contributed by atoms with Crippen molar-refractivity contribution in [2.45, 2.75) is 45.3 Å². The number of carbonyl (C=O) groups is 3. The van der Waals surface area contributed by atoms with E-state index in [1.807, 2.05) is 85.8 Å². The van der Waals surface area contributed by atoms with Crippen LogP contribution in [0.5, 0.6) is 0 Å². The molecule has 6 heteroatoms. The van der Waals surface area contributed by atoms with Gasteiger partial charge in [-0.25, -0.2) is 9.69 Å². The van der Waals surface area contributed by atoms with Crippen molar-refractivity contribution in [1.29, 1.82) is 0 Å². The van der Waals surface area contributed by atoms with Gasteiger partial charge in [0.25, 0.3) is 0 Å². The molecular formula is C36H36N2O4. The summed E-state index contributed by atoms with van der Waals surface area (Å²) in [7, 11) is 0. The Hall–Kier alpha value is -4.71. The van der Waals surface area contributed by atoms with E-state index in [1.54, 1.807) is 0 Å². The lowest BCUT2D eigenvalue weighted by molar-refractivity contribution is -0.140. The molecule has 4 aromatic rings. The van der Waals surface area contributed by atoms with Gasteiger partial charge in [0.2, 0.25) is 5.91 Å². The number of hydrogen-bond donors (Lipinski definition) is 0. The molecule has 1 aliphatic heterocycles. The number of amides is 2. The van der Waals surface area contributed by atoms with Gasteiger partial charge in [-0.3, -0.25) is 9.59 Å². The van der Waals surface area contributed by atoms with Gasteiger partial charge in [-0.2, -0.15) is 0 Å². The molecule has 0 radical (unpaired) electrons. The van der Waals surface area contributed by atoms with E-state index in [4.69, 9.17) is 4.74 Å². The van der Waals surface area contributed by atoms with E-state index in [9.17, 15) is 14.4 Å². The van der Waals surface area contributed by atoms with Crippen LogP contribution in [0.4, 0.5) is 10.5 Å². The largest absolute Gasteiger partial charge is 0.446 e. The third-order valence-corrected chi connectivity index (χ3v) is 7.94. The maximum atomic E-state index is 14.0. The molecule has 0 N–H and O–H groups in total. The molecule has 3 atom stereocenters. The van der Waals surface area contributed by atoms with Crippen LogP contribution >= 0.6 is 0 Å². The quantitative estimate of drug-likeness (QED) is 0.180. The van der Waals surface area contributed by atoms with Crippen LogP contribution in [0.15, 0.2) is 115 Å². The third-order valence-electron chi connectivity index (χ3n) is 7.94.